The van der Waals surface area contributed by atoms with Crippen molar-refractivity contribution in [2.45, 2.75) is 0 Å². The summed E-state index contributed by atoms with van der Waals surface area (Å²) in [6.45, 7) is 0. The minimum atomic E-state index is -0.321. The molecule has 0 bridgehead atoms. The molecule has 0 atom stereocenters. The van der Waals surface area contributed by atoms with Crippen molar-refractivity contribution in [1.82, 2.24) is 0 Å². The number of rotatable bonds is 4. The Labute approximate surface area is 138 Å². The SMILES string of the molecule is N#CC(C#N)=C(C#N)Nc1ccccc1Oc1cccc(C#N)c1. The molecule has 1 N–H and O–H groups in total. The molecule has 0 aliphatic rings. The molecule has 0 unspecified atom stereocenters. The van der Waals surface area contributed by atoms with Gasteiger partial charge in [-0.05, 0) is 30.3 Å². The number of hydrogen-bond acceptors (Lipinski definition) is 6. The summed E-state index contributed by atoms with van der Waals surface area (Å²) in [6.07, 6.45) is 0. The molecule has 2 rings (SSSR count). The Hall–Kier alpha value is -4.26. The van der Waals surface area contributed by atoms with E-state index in [2.05, 4.69) is 5.32 Å². The van der Waals surface area contributed by atoms with Gasteiger partial charge in [-0.15, -0.1) is 0 Å². The van der Waals surface area contributed by atoms with Gasteiger partial charge in [0.2, 0.25) is 0 Å². The minimum absolute atomic E-state index is 0.165. The van der Waals surface area contributed by atoms with Crippen molar-refractivity contribution < 1.29 is 4.74 Å². The summed E-state index contributed by atoms with van der Waals surface area (Å²) in [5.74, 6) is 0.835. The van der Waals surface area contributed by atoms with Gasteiger partial charge in [-0.1, -0.05) is 18.2 Å². The quantitative estimate of drug-likeness (QED) is 0.862. The largest absolute Gasteiger partial charge is 0.455 e. The average Bonchev–Trinajstić information content (AvgIpc) is 2.63. The third kappa shape index (κ3) is 3.68. The molecule has 0 aliphatic heterocycles. The van der Waals surface area contributed by atoms with E-state index < -0.39 is 0 Å². The number of benzene rings is 2. The van der Waals surface area contributed by atoms with E-state index in [-0.39, 0.29) is 11.3 Å². The zero-order valence-electron chi connectivity index (χ0n) is 12.3. The highest BCUT2D eigenvalue weighted by atomic mass is 16.5. The van der Waals surface area contributed by atoms with Crippen LogP contribution in [0.4, 0.5) is 5.69 Å². The molecule has 0 aromatic heterocycles. The molecule has 6 nitrogen and oxygen atoms in total. The van der Waals surface area contributed by atoms with Crippen LogP contribution in [0.2, 0.25) is 0 Å². The lowest BCUT2D eigenvalue weighted by molar-refractivity contribution is 0.484. The van der Waals surface area contributed by atoms with E-state index in [1.807, 2.05) is 6.07 Å². The van der Waals surface area contributed by atoms with Crippen molar-refractivity contribution in [3.8, 4) is 35.8 Å². The summed E-state index contributed by atoms with van der Waals surface area (Å²) in [6, 6.07) is 20.5. The Bertz CT molecular complexity index is 948. The number of hydrogen-bond donors (Lipinski definition) is 1. The first kappa shape index (κ1) is 16.1. The molecule has 24 heavy (non-hydrogen) atoms. The maximum atomic E-state index is 9.12. The Balaban J connectivity index is 2.37. The molecule has 0 saturated carbocycles. The van der Waals surface area contributed by atoms with E-state index in [0.29, 0.717) is 22.7 Å². The van der Waals surface area contributed by atoms with Crippen molar-refractivity contribution in [3.63, 3.8) is 0 Å². The van der Waals surface area contributed by atoms with Crippen LogP contribution in [0, 0.1) is 45.3 Å². The molecule has 0 fully saturated rings. The zero-order chi connectivity index (χ0) is 17.4. The standard InChI is InChI=1S/C18H9N5O/c19-9-13-4-3-5-15(8-13)24-18-7-2-1-6-16(18)23-17(12-22)14(10-20)11-21/h1-8,23H. The van der Waals surface area contributed by atoms with Crippen LogP contribution in [-0.4, -0.2) is 0 Å². The Morgan fingerprint density at radius 1 is 0.875 bits per heavy atom. The molecule has 0 saturated heterocycles. The molecule has 2 aromatic rings. The second-order valence-corrected chi connectivity index (χ2v) is 4.45. The van der Waals surface area contributed by atoms with Crippen LogP contribution in [0.3, 0.4) is 0 Å². The number of allylic oxidation sites excluding steroid dienone is 2. The van der Waals surface area contributed by atoms with Crippen molar-refractivity contribution >= 4 is 5.69 Å². The van der Waals surface area contributed by atoms with Gasteiger partial charge in [0.1, 0.15) is 29.7 Å². The third-order valence-corrected chi connectivity index (χ3v) is 2.92. The smallest absolute Gasteiger partial charge is 0.163 e. The summed E-state index contributed by atoms with van der Waals surface area (Å²) in [7, 11) is 0. The highest BCUT2D eigenvalue weighted by molar-refractivity contribution is 5.65. The van der Waals surface area contributed by atoms with Crippen molar-refractivity contribution in [3.05, 3.63) is 65.4 Å². The summed E-state index contributed by atoms with van der Waals surface area (Å²) in [5.41, 5.74) is 0.381. The number of nitrogens with zero attached hydrogens (tertiary/aromatic N) is 4. The van der Waals surface area contributed by atoms with Gasteiger partial charge in [0.25, 0.3) is 0 Å². The predicted octanol–water partition coefficient (Wildman–Crippen LogP) is 3.59. The Kier molecular flexibility index (Phi) is 5.15. The van der Waals surface area contributed by atoms with Gasteiger partial charge in [-0.3, -0.25) is 0 Å². The van der Waals surface area contributed by atoms with Gasteiger partial charge in [0.15, 0.2) is 11.3 Å². The first-order valence-corrected chi connectivity index (χ1v) is 6.70. The van der Waals surface area contributed by atoms with Gasteiger partial charge in [0.05, 0.1) is 17.3 Å². The van der Waals surface area contributed by atoms with Crippen LogP contribution < -0.4 is 10.1 Å². The van der Waals surface area contributed by atoms with Crippen LogP contribution in [0.1, 0.15) is 5.56 Å². The van der Waals surface area contributed by atoms with Gasteiger partial charge in [-0.2, -0.15) is 21.0 Å². The van der Waals surface area contributed by atoms with Crippen molar-refractivity contribution in [2.75, 3.05) is 5.32 Å². The number of anilines is 1. The Morgan fingerprint density at radius 3 is 2.29 bits per heavy atom. The molecule has 0 aliphatic carbocycles. The van der Waals surface area contributed by atoms with Gasteiger partial charge < -0.3 is 10.1 Å². The number of nitriles is 4. The Morgan fingerprint density at radius 2 is 1.62 bits per heavy atom. The molecule has 0 radical (unpaired) electrons. The van der Waals surface area contributed by atoms with Crippen LogP contribution in [0.15, 0.2) is 59.8 Å². The van der Waals surface area contributed by atoms with Crippen LogP contribution in [-0.2, 0) is 0 Å². The summed E-state index contributed by atoms with van der Waals surface area (Å²) in [5, 5.41) is 38.5. The van der Waals surface area contributed by atoms with E-state index in [4.69, 9.17) is 25.8 Å². The molecule has 6 heteroatoms. The maximum absolute atomic E-state index is 9.12. The third-order valence-electron chi connectivity index (χ3n) is 2.92. The van der Waals surface area contributed by atoms with E-state index in [9.17, 15) is 0 Å². The van der Waals surface area contributed by atoms with Crippen molar-refractivity contribution in [1.29, 1.82) is 21.0 Å². The lowest BCUT2D eigenvalue weighted by atomic mass is 10.2. The second-order valence-electron chi connectivity index (χ2n) is 4.45. The fourth-order valence-electron chi connectivity index (χ4n) is 1.83. The monoisotopic (exact) mass is 311 g/mol. The lowest BCUT2D eigenvalue weighted by Gasteiger charge is -2.12. The first-order valence-electron chi connectivity index (χ1n) is 6.70. The first-order chi connectivity index (χ1) is 11.7. The van der Waals surface area contributed by atoms with Crippen LogP contribution in [0.5, 0.6) is 11.5 Å². The molecule has 2 aromatic carbocycles. The topological polar surface area (TPSA) is 116 Å². The second kappa shape index (κ2) is 7.66. The molecule has 0 spiro atoms. The number of nitrogens with one attached hydrogen (secondary N) is 1. The average molecular weight is 311 g/mol. The molecular formula is C18H9N5O. The van der Waals surface area contributed by atoms with Gasteiger partial charge in [0, 0.05) is 0 Å². The normalized spacial score (nSPS) is 8.67. The van der Waals surface area contributed by atoms with E-state index in [1.165, 1.54) is 0 Å². The van der Waals surface area contributed by atoms with Gasteiger partial charge in [-0.25, -0.2) is 0 Å². The fourth-order valence-corrected chi connectivity index (χ4v) is 1.83. The van der Waals surface area contributed by atoms with E-state index in [1.54, 1.807) is 66.7 Å². The fraction of sp³-hybridized carbons (Fsp3) is 0. The van der Waals surface area contributed by atoms with E-state index in [0.717, 1.165) is 0 Å². The maximum Gasteiger partial charge on any atom is 0.163 e. The molecule has 112 valence electrons. The number of para-hydroxylation sites is 2. The summed E-state index contributed by atoms with van der Waals surface area (Å²) in [4.78, 5) is 0. The lowest BCUT2D eigenvalue weighted by Crippen LogP contribution is -2.02. The highest BCUT2D eigenvalue weighted by Crippen LogP contribution is 2.30. The van der Waals surface area contributed by atoms with Crippen molar-refractivity contribution in [2.24, 2.45) is 0 Å². The summed E-state index contributed by atoms with van der Waals surface area (Å²) < 4.78 is 5.73. The van der Waals surface area contributed by atoms with Crippen LogP contribution in [0.25, 0.3) is 0 Å². The number of ether oxygens (including phenoxy) is 1. The summed E-state index contributed by atoms with van der Waals surface area (Å²) >= 11 is 0. The van der Waals surface area contributed by atoms with E-state index >= 15 is 0 Å². The van der Waals surface area contributed by atoms with Gasteiger partial charge >= 0.3 is 0 Å². The molecular weight excluding hydrogens is 302 g/mol. The minimum Gasteiger partial charge on any atom is -0.455 e. The molecule has 0 heterocycles. The predicted molar refractivity (Wildman–Crippen MR) is 85.2 cm³/mol. The highest BCUT2D eigenvalue weighted by Gasteiger charge is 2.10. The molecule has 0 amide bonds. The zero-order valence-corrected chi connectivity index (χ0v) is 12.3. The van der Waals surface area contributed by atoms with Crippen LogP contribution >= 0.6 is 0 Å².